The SMILES string of the molecule is N[C@@H](c1ccc(O)c(F)c1)c1cccs1. The van der Waals surface area contributed by atoms with Crippen molar-refractivity contribution in [2.24, 2.45) is 5.73 Å². The largest absolute Gasteiger partial charge is 0.505 e. The van der Waals surface area contributed by atoms with Gasteiger partial charge in [0.2, 0.25) is 0 Å². The van der Waals surface area contributed by atoms with Gasteiger partial charge in [0, 0.05) is 4.88 Å². The van der Waals surface area contributed by atoms with E-state index in [4.69, 9.17) is 10.8 Å². The Balaban J connectivity index is 2.34. The maximum Gasteiger partial charge on any atom is 0.165 e. The Morgan fingerprint density at radius 3 is 2.73 bits per heavy atom. The molecule has 0 radical (unpaired) electrons. The molecule has 0 fully saturated rings. The topological polar surface area (TPSA) is 46.2 Å². The average molecular weight is 223 g/mol. The first kappa shape index (κ1) is 10.1. The van der Waals surface area contributed by atoms with Gasteiger partial charge in [0.15, 0.2) is 11.6 Å². The first-order valence-corrected chi connectivity index (χ1v) is 5.34. The molecule has 0 unspecified atom stereocenters. The summed E-state index contributed by atoms with van der Waals surface area (Å²) in [6.45, 7) is 0. The summed E-state index contributed by atoms with van der Waals surface area (Å²) in [5, 5.41) is 11.0. The molecule has 15 heavy (non-hydrogen) atoms. The summed E-state index contributed by atoms with van der Waals surface area (Å²) in [5.74, 6) is -0.989. The van der Waals surface area contributed by atoms with E-state index >= 15 is 0 Å². The van der Waals surface area contributed by atoms with Crippen LogP contribution in [0.15, 0.2) is 35.7 Å². The highest BCUT2D eigenvalue weighted by atomic mass is 32.1. The zero-order valence-electron chi connectivity index (χ0n) is 7.85. The minimum atomic E-state index is -0.639. The third-order valence-corrected chi connectivity index (χ3v) is 3.14. The number of nitrogens with two attached hydrogens (primary N) is 1. The smallest absolute Gasteiger partial charge is 0.165 e. The number of phenolic OH excluding ortho intramolecular Hbond substituents is 1. The summed E-state index contributed by atoms with van der Waals surface area (Å²) in [7, 11) is 0. The second-order valence-electron chi connectivity index (χ2n) is 3.20. The van der Waals surface area contributed by atoms with E-state index in [1.165, 1.54) is 23.5 Å². The molecular formula is C11H10FNOS. The predicted octanol–water partition coefficient (Wildman–Crippen LogP) is 2.64. The molecule has 2 aromatic rings. The normalized spacial score (nSPS) is 12.7. The van der Waals surface area contributed by atoms with E-state index < -0.39 is 5.82 Å². The summed E-state index contributed by atoms with van der Waals surface area (Å²) in [4.78, 5) is 0.972. The molecule has 1 aromatic heterocycles. The fourth-order valence-electron chi connectivity index (χ4n) is 1.35. The van der Waals surface area contributed by atoms with Gasteiger partial charge in [-0.15, -0.1) is 11.3 Å². The molecule has 0 aliphatic rings. The second kappa shape index (κ2) is 4.00. The third kappa shape index (κ3) is 2.00. The Labute approximate surface area is 90.8 Å². The molecule has 3 N–H and O–H groups in total. The molecule has 0 aliphatic heterocycles. The third-order valence-electron chi connectivity index (χ3n) is 2.18. The van der Waals surface area contributed by atoms with Crippen LogP contribution in [0.5, 0.6) is 5.75 Å². The van der Waals surface area contributed by atoms with Crippen molar-refractivity contribution in [3.8, 4) is 5.75 Å². The molecule has 4 heteroatoms. The first-order valence-electron chi connectivity index (χ1n) is 4.46. The van der Waals surface area contributed by atoms with Crippen molar-refractivity contribution in [3.05, 3.63) is 52.0 Å². The maximum atomic E-state index is 13.1. The van der Waals surface area contributed by atoms with Crippen molar-refractivity contribution in [1.82, 2.24) is 0 Å². The molecule has 2 nitrogen and oxygen atoms in total. The van der Waals surface area contributed by atoms with E-state index in [0.717, 1.165) is 4.88 Å². The summed E-state index contributed by atoms with van der Waals surface area (Å²) in [6.07, 6.45) is 0. The monoisotopic (exact) mass is 223 g/mol. The summed E-state index contributed by atoms with van der Waals surface area (Å²) >= 11 is 1.53. The molecule has 1 heterocycles. The van der Waals surface area contributed by atoms with Gasteiger partial charge in [-0.3, -0.25) is 0 Å². The Bertz CT molecular complexity index is 456. The summed E-state index contributed by atoms with van der Waals surface area (Å²) in [5.41, 5.74) is 6.60. The maximum absolute atomic E-state index is 13.1. The van der Waals surface area contributed by atoms with Crippen molar-refractivity contribution in [2.45, 2.75) is 6.04 Å². The van der Waals surface area contributed by atoms with Gasteiger partial charge in [0.05, 0.1) is 6.04 Å². The molecular weight excluding hydrogens is 213 g/mol. The van der Waals surface area contributed by atoms with Crippen LogP contribution >= 0.6 is 11.3 Å². The number of hydrogen-bond donors (Lipinski definition) is 2. The lowest BCUT2D eigenvalue weighted by Crippen LogP contribution is -2.10. The van der Waals surface area contributed by atoms with Gasteiger partial charge < -0.3 is 10.8 Å². The average Bonchev–Trinajstić information content (AvgIpc) is 2.74. The molecule has 0 amide bonds. The van der Waals surface area contributed by atoms with Crippen LogP contribution in [0.4, 0.5) is 4.39 Å². The molecule has 0 bridgehead atoms. The minimum Gasteiger partial charge on any atom is -0.505 e. The highest BCUT2D eigenvalue weighted by Crippen LogP contribution is 2.26. The lowest BCUT2D eigenvalue weighted by molar-refractivity contribution is 0.431. The predicted molar refractivity (Wildman–Crippen MR) is 58.4 cm³/mol. The number of aromatic hydroxyl groups is 1. The highest BCUT2D eigenvalue weighted by molar-refractivity contribution is 7.10. The van der Waals surface area contributed by atoms with Crippen molar-refractivity contribution in [3.63, 3.8) is 0 Å². The zero-order valence-corrected chi connectivity index (χ0v) is 8.67. The van der Waals surface area contributed by atoms with Crippen molar-refractivity contribution in [1.29, 1.82) is 0 Å². The van der Waals surface area contributed by atoms with E-state index in [0.29, 0.717) is 5.56 Å². The molecule has 1 atom stereocenters. The lowest BCUT2D eigenvalue weighted by Gasteiger charge is -2.10. The van der Waals surface area contributed by atoms with Crippen LogP contribution in [-0.2, 0) is 0 Å². The number of rotatable bonds is 2. The molecule has 1 aromatic carbocycles. The molecule has 0 saturated carbocycles. The van der Waals surface area contributed by atoms with E-state index in [2.05, 4.69) is 0 Å². The van der Waals surface area contributed by atoms with Crippen LogP contribution in [0.3, 0.4) is 0 Å². The number of benzene rings is 1. The molecule has 0 aliphatic carbocycles. The van der Waals surface area contributed by atoms with Crippen LogP contribution in [0, 0.1) is 5.82 Å². The van der Waals surface area contributed by atoms with E-state index in [1.807, 2.05) is 17.5 Å². The second-order valence-corrected chi connectivity index (χ2v) is 4.18. The number of phenols is 1. The van der Waals surface area contributed by atoms with Gasteiger partial charge in [0.1, 0.15) is 0 Å². The van der Waals surface area contributed by atoms with Crippen LogP contribution in [0.1, 0.15) is 16.5 Å². The molecule has 78 valence electrons. The van der Waals surface area contributed by atoms with Gasteiger partial charge in [-0.25, -0.2) is 4.39 Å². The summed E-state index contributed by atoms with van der Waals surface area (Å²) in [6, 6.07) is 7.68. The Kier molecular flexibility index (Phi) is 2.70. The van der Waals surface area contributed by atoms with Gasteiger partial charge >= 0.3 is 0 Å². The standard InChI is InChI=1S/C11H10FNOS/c12-8-6-7(3-4-9(8)14)11(13)10-2-1-5-15-10/h1-6,11,14H,13H2/t11-/m0/s1. The van der Waals surface area contributed by atoms with Crippen LogP contribution in [-0.4, -0.2) is 5.11 Å². The zero-order chi connectivity index (χ0) is 10.8. The lowest BCUT2D eigenvalue weighted by atomic mass is 10.1. The van der Waals surface area contributed by atoms with Crippen LogP contribution in [0.25, 0.3) is 0 Å². The van der Waals surface area contributed by atoms with Gasteiger partial charge in [-0.1, -0.05) is 12.1 Å². The molecule has 0 spiro atoms. The highest BCUT2D eigenvalue weighted by Gasteiger charge is 2.11. The van der Waals surface area contributed by atoms with Crippen molar-refractivity contribution in [2.75, 3.05) is 0 Å². The van der Waals surface area contributed by atoms with E-state index in [1.54, 1.807) is 6.07 Å². The van der Waals surface area contributed by atoms with Crippen LogP contribution < -0.4 is 5.73 Å². The fourth-order valence-corrected chi connectivity index (χ4v) is 2.10. The van der Waals surface area contributed by atoms with Crippen molar-refractivity contribution < 1.29 is 9.50 Å². The van der Waals surface area contributed by atoms with Crippen LogP contribution in [0.2, 0.25) is 0 Å². The van der Waals surface area contributed by atoms with Gasteiger partial charge in [0.25, 0.3) is 0 Å². The quantitative estimate of drug-likeness (QED) is 0.822. The Hall–Kier alpha value is -1.39. The summed E-state index contributed by atoms with van der Waals surface area (Å²) < 4.78 is 13.1. The van der Waals surface area contributed by atoms with E-state index in [9.17, 15) is 4.39 Å². The fraction of sp³-hybridized carbons (Fsp3) is 0.0909. The van der Waals surface area contributed by atoms with Gasteiger partial charge in [-0.2, -0.15) is 0 Å². The number of halogens is 1. The minimum absolute atomic E-state index is 0.333. The van der Waals surface area contributed by atoms with Gasteiger partial charge in [-0.05, 0) is 29.1 Å². The first-order chi connectivity index (χ1) is 7.18. The Morgan fingerprint density at radius 2 is 2.13 bits per heavy atom. The van der Waals surface area contributed by atoms with Crippen molar-refractivity contribution >= 4 is 11.3 Å². The molecule has 2 rings (SSSR count). The molecule has 0 saturated heterocycles. The van der Waals surface area contributed by atoms with E-state index in [-0.39, 0.29) is 11.8 Å². The number of hydrogen-bond acceptors (Lipinski definition) is 3. The Morgan fingerprint density at radius 1 is 1.33 bits per heavy atom. The number of thiophene rings is 1.